The van der Waals surface area contributed by atoms with E-state index in [0.717, 1.165) is 83.0 Å². The van der Waals surface area contributed by atoms with Gasteiger partial charge in [-0.05, 0) is 85.4 Å². The number of allylic oxidation sites excluding steroid dienone is 15. The number of dihydropyridines is 1. The number of hydrogen-bond donors (Lipinski definition) is 1. The van der Waals surface area contributed by atoms with Crippen molar-refractivity contribution in [1.82, 2.24) is 19.9 Å². The first-order valence-corrected chi connectivity index (χ1v) is 13.2. The Bertz CT molecular complexity index is 1470. The lowest BCUT2D eigenvalue weighted by atomic mass is 9.92. The van der Waals surface area contributed by atoms with Crippen LogP contribution in [0.15, 0.2) is 114 Å². The predicted molar refractivity (Wildman–Crippen MR) is 154 cm³/mol. The molecule has 4 heterocycles. The zero-order valence-corrected chi connectivity index (χ0v) is 22.0. The second-order valence-corrected chi connectivity index (χ2v) is 9.59. The number of nitrogens with zero attached hydrogens (tertiary/aromatic N) is 3. The molecule has 1 aliphatic carbocycles. The van der Waals surface area contributed by atoms with Gasteiger partial charge in [0.1, 0.15) is 11.6 Å². The van der Waals surface area contributed by atoms with Crippen molar-refractivity contribution >= 4 is 11.3 Å². The minimum Gasteiger partial charge on any atom is -0.360 e. The normalized spacial score (nSPS) is 22.9. The average Bonchev–Trinajstić information content (AvgIpc) is 3.29. The number of pyridine rings is 1. The number of aromatic nitrogens is 3. The van der Waals surface area contributed by atoms with Crippen LogP contribution in [0.25, 0.3) is 11.3 Å². The lowest BCUT2D eigenvalue weighted by Gasteiger charge is -2.20. The van der Waals surface area contributed by atoms with Crippen molar-refractivity contribution < 1.29 is 4.39 Å². The molecule has 0 bridgehead atoms. The van der Waals surface area contributed by atoms with E-state index in [0.29, 0.717) is 5.69 Å². The Labute approximate surface area is 224 Å². The van der Waals surface area contributed by atoms with Crippen molar-refractivity contribution in [2.75, 3.05) is 0 Å². The number of aryl methyl sites for hydroxylation is 3. The first kappa shape index (κ1) is 25.4. The monoisotopic (exact) mass is 504 g/mol. The summed E-state index contributed by atoms with van der Waals surface area (Å²) in [5.41, 5.74) is 8.21. The first-order chi connectivity index (χ1) is 18.5. The van der Waals surface area contributed by atoms with Crippen LogP contribution in [0.1, 0.15) is 49.1 Å². The van der Waals surface area contributed by atoms with Gasteiger partial charge in [0.25, 0.3) is 0 Å². The summed E-state index contributed by atoms with van der Waals surface area (Å²) in [5, 5.41) is 3.33. The van der Waals surface area contributed by atoms with Gasteiger partial charge in [-0.3, -0.25) is 0 Å². The van der Waals surface area contributed by atoms with E-state index in [2.05, 4.69) is 95.3 Å². The Balaban J connectivity index is 1.44. The molecule has 0 atom stereocenters. The maximum absolute atomic E-state index is 13.8. The van der Waals surface area contributed by atoms with Gasteiger partial charge in [-0.2, -0.15) is 0 Å². The molecule has 0 unspecified atom stereocenters. The molecule has 5 heteroatoms. The number of rotatable bonds is 4. The predicted octanol–water partition coefficient (Wildman–Crippen LogP) is 7.47. The number of imidazole rings is 1. The molecule has 38 heavy (non-hydrogen) atoms. The molecule has 0 saturated heterocycles. The van der Waals surface area contributed by atoms with E-state index >= 15 is 0 Å². The largest absolute Gasteiger partial charge is 0.360 e. The zero-order chi connectivity index (χ0) is 26.5. The molecule has 0 amide bonds. The molecule has 1 N–H and O–H groups in total. The summed E-state index contributed by atoms with van der Waals surface area (Å²) in [6.45, 7) is 9.05. The second-order valence-electron chi connectivity index (χ2n) is 9.59. The number of fused-ring (bicyclic) bond motifs is 1. The van der Waals surface area contributed by atoms with Gasteiger partial charge in [0.15, 0.2) is 0 Å². The standard InChI is InChI=1S/C33H33FN4/c1-4-25(31-22-38-20-8-6-5-7-14-32(38)37-31)21-27-12-9-11-26(16-15-23(27)2)28-13-10-19-35-33(28)30-18-17-29(34)24(3)36-30/h4-6,9-12,15-19,21-22,35H,2,7-8,13-14,20H2,1,3H3/b6-5+,12-9+,16-15-,25-4+,26-11-,27-21-. The molecule has 0 radical (unpaired) electrons. The van der Waals surface area contributed by atoms with Crippen molar-refractivity contribution in [2.45, 2.75) is 46.1 Å². The van der Waals surface area contributed by atoms with Crippen LogP contribution < -0.4 is 5.32 Å². The molecular formula is C33H33FN4. The average molecular weight is 505 g/mol. The fourth-order valence-electron chi connectivity index (χ4n) is 4.85. The molecule has 3 aliphatic rings. The molecule has 192 valence electrons. The van der Waals surface area contributed by atoms with Gasteiger partial charge in [0, 0.05) is 19.2 Å². The van der Waals surface area contributed by atoms with Crippen LogP contribution in [0.5, 0.6) is 0 Å². The summed E-state index contributed by atoms with van der Waals surface area (Å²) in [4.78, 5) is 9.43. The Morgan fingerprint density at radius 2 is 1.97 bits per heavy atom. The molecule has 0 saturated carbocycles. The molecule has 0 spiro atoms. The minimum absolute atomic E-state index is 0.301. The van der Waals surface area contributed by atoms with Gasteiger partial charge in [-0.1, -0.05) is 61.3 Å². The molecule has 5 rings (SSSR count). The Morgan fingerprint density at radius 3 is 2.82 bits per heavy atom. The topological polar surface area (TPSA) is 42.7 Å². The van der Waals surface area contributed by atoms with Crippen molar-refractivity contribution in [3.63, 3.8) is 0 Å². The third kappa shape index (κ3) is 5.52. The van der Waals surface area contributed by atoms with Crippen molar-refractivity contribution in [3.8, 4) is 0 Å². The van der Waals surface area contributed by atoms with Crippen LogP contribution in [0.3, 0.4) is 0 Å². The van der Waals surface area contributed by atoms with Gasteiger partial charge < -0.3 is 9.88 Å². The van der Waals surface area contributed by atoms with Crippen molar-refractivity contribution in [2.24, 2.45) is 0 Å². The van der Waals surface area contributed by atoms with Gasteiger partial charge in [-0.25, -0.2) is 14.4 Å². The Hall–Kier alpha value is -4.25. The van der Waals surface area contributed by atoms with Crippen LogP contribution in [0, 0.1) is 12.7 Å². The Morgan fingerprint density at radius 1 is 1.11 bits per heavy atom. The highest BCUT2D eigenvalue weighted by Gasteiger charge is 2.17. The molecule has 2 aromatic rings. The van der Waals surface area contributed by atoms with Gasteiger partial charge in [0.2, 0.25) is 0 Å². The van der Waals surface area contributed by atoms with Crippen LogP contribution >= 0.6 is 0 Å². The fourth-order valence-corrected chi connectivity index (χ4v) is 4.85. The smallest absolute Gasteiger partial charge is 0.144 e. The molecule has 2 aliphatic heterocycles. The van der Waals surface area contributed by atoms with Crippen LogP contribution in [0.4, 0.5) is 4.39 Å². The van der Waals surface area contributed by atoms with Gasteiger partial charge in [-0.15, -0.1) is 0 Å². The summed E-state index contributed by atoms with van der Waals surface area (Å²) in [7, 11) is 0. The summed E-state index contributed by atoms with van der Waals surface area (Å²) >= 11 is 0. The fraction of sp³-hybridized carbons (Fsp3) is 0.212. The third-order valence-corrected chi connectivity index (χ3v) is 7.00. The molecule has 2 aromatic heterocycles. The van der Waals surface area contributed by atoms with E-state index < -0.39 is 0 Å². The quantitative estimate of drug-likeness (QED) is 0.439. The van der Waals surface area contributed by atoms with E-state index in [4.69, 9.17) is 4.98 Å². The van der Waals surface area contributed by atoms with Crippen molar-refractivity contribution in [1.29, 1.82) is 0 Å². The summed E-state index contributed by atoms with van der Waals surface area (Å²) in [6.07, 6.45) is 29.1. The second kappa shape index (κ2) is 11.4. The minimum atomic E-state index is -0.301. The highest BCUT2D eigenvalue weighted by molar-refractivity contribution is 5.76. The third-order valence-electron chi connectivity index (χ3n) is 7.00. The number of hydrogen-bond acceptors (Lipinski definition) is 3. The van der Waals surface area contributed by atoms with E-state index in [9.17, 15) is 4.39 Å². The summed E-state index contributed by atoms with van der Waals surface area (Å²) < 4.78 is 16.1. The molecule has 4 nitrogen and oxygen atoms in total. The summed E-state index contributed by atoms with van der Waals surface area (Å²) in [6, 6.07) is 3.19. The first-order valence-electron chi connectivity index (χ1n) is 13.2. The highest BCUT2D eigenvalue weighted by Crippen LogP contribution is 2.30. The molecule has 0 aromatic carbocycles. The SMILES string of the molecule is C=C1\C=C/C(C2=C(c3ccc(F)c(C)n3)NC=CC2)=C/C=C/C1=C/C(=C\C)c1cn2c(n1)CC/C=C/CC2. The summed E-state index contributed by atoms with van der Waals surface area (Å²) in [5.74, 6) is 0.844. The van der Waals surface area contributed by atoms with Gasteiger partial charge in [0.05, 0.1) is 22.8 Å². The lowest BCUT2D eigenvalue weighted by molar-refractivity contribution is 0.609. The van der Waals surface area contributed by atoms with E-state index in [-0.39, 0.29) is 5.82 Å². The zero-order valence-electron chi connectivity index (χ0n) is 22.0. The number of halogens is 1. The van der Waals surface area contributed by atoms with E-state index in [1.54, 1.807) is 13.0 Å². The van der Waals surface area contributed by atoms with E-state index in [1.807, 2.05) is 6.20 Å². The van der Waals surface area contributed by atoms with Crippen LogP contribution in [0.2, 0.25) is 0 Å². The maximum atomic E-state index is 13.8. The van der Waals surface area contributed by atoms with Crippen molar-refractivity contribution in [3.05, 3.63) is 143 Å². The molecular weight excluding hydrogens is 471 g/mol. The maximum Gasteiger partial charge on any atom is 0.144 e. The Kier molecular flexibility index (Phi) is 7.64. The number of nitrogens with one attached hydrogen (secondary N) is 1. The molecule has 0 fully saturated rings. The van der Waals surface area contributed by atoms with E-state index in [1.165, 1.54) is 6.07 Å². The van der Waals surface area contributed by atoms with Crippen LogP contribution in [-0.2, 0) is 13.0 Å². The lowest BCUT2D eigenvalue weighted by Crippen LogP contribution is -2.14. The van der Waals surface area contributed by atoms with Gasteiger partial charge >= 0.3 is 0 Å². The van der Waals surface area contributed by atoms with Crippen LogP contribution in [-0.4, -0.2) is 14.5 Å². The highest BCUT2D eigenvalue weighted by atomic mass is 19.1.